The monoisotopic (exact) mass is 439 g/mol. The first-order chi connectivity index (χ1) is 15.8. The number of aromatic amines is 1. The Morgan fingerprint density at radius 2 is 2.03 bits per heavy atom. The van der Waals surface area contributed by atoms with Gasteiger partial charge in [-0.2, -0.15) is 0 Å². The number of carbonyl (C=O) groups is 1. The number of rotatable bonds is 2. The Hall–Kier alpha value is -3.02. The largest absolute Gasteiger partial charge is 0.345 e. The zero-order valence-corrected chi connectivity index (χ0v) is 19.5. The molecule has 0 radical (unpaired) electrons. The number of nitrogens with one attached hydrogen (secondary N) is 1. The molecule has 2 aliphatic heterocycles. The first kappa shape index (κ1) is 19.4. The van der Waals surface area contributed by atoms with Crippen LogP contribution in [0.25, 0.3) is 11.0 Å². The Labute approximate surface area is 193 Å². The van der Waals surface area contributed by atoms with Gasteiger partial charge in [-0.1, -0.05) is 26.3 Å². The lowest BCUT2D eigenvalue weighted by molar-refractivity contribution is -0.0461. The molecule has 1 saturated heterocycles. The molecule has 3 aliphatic carbocycles. The zero-order valence-electron chi connectivity index (χ0n) is 19.5. The smallest absolute Gasteiger partial charge is 0.254 e. The van der Waals surface area contributed by atoms with Crippen molar-refractivity contribution in [3.05, 3.63) is 53.0 Å². The molecule has 168 valence electrons. The third-order valence-electron chi connectivity index (χ3n) is 9.21. The summed E-state index contributed by atoms with van der Waals surface area (Å²) in [5, 5.41) is 0. The van der Waals surface area contributed by atoms with Gasteiger partial charge in [-0.3, -0.25) is 4.79 Å². The van der Waals surface area contributed by atoms with E-state index in [4.69, 9.17) is 9.98 Å². The van der Waals surface area contributed by atoms with E-state index >= 15 is 0 Å². The summed E-state index contributed by atoms with van der Waals surface area (Å²) in [7, 11) is 0. The van der Waals surface area contributed by atoms with Crippen LogP contribution in [0.4, 0.5) is 0 Å². The van der Waals surface area contributed by atoms with Gasteiger partial charge in [-0.15, -0.1) is 0 Å². The number of fused-ring (bicyclic) bond motifs is 5. The number of allylic oxidation sites excluding steroid dienone is 3. The molecule has 6 nitrogen and oxygen atoms in total. The second-order valence-corrected chi connectivity index (χ2v) is 11.2. The Balaban J connectivity index is 1.25. The molecule has 3 heterocycles. The van der Waals surface area contributed by atoms with Crippen molar-refractivity contribution >= 4 is 28.5 Å². The van der Waals surface area contributed by atoms with E-state index in [2.05, 4.69) is 41.7 Å². The van der Waals surface area contributed by atoms with Crippen molar-refractivity contribution in [2.75, 3.05) is 6.54 Å². The van der Waals surface area contributed by atoms with Gasteiger partial charge in [0.15, 0.2) is 0 Å². The fourth-order valence-electron chi connectivity index (χ4n) is 6.58. The van der Waals surface area contributed by atoms with Gasteiger partial charge in [0.1, 0.15) is 5.84 Å². The minimum absolute atomic E-state index is 0.0196. The van der Waals surface area contributed by atoms with Crippen LogP contribution in [0.1, 0.15) is 63.2 Å². The lowest BCUT2D eigenvalue weighted by Gasteiger charge is -2.61. The summed E-state index contributed by atoms with van der Waals surface area (Å²) < 4.78 is 0. The number of hydrogen-bond donors (Lipinski definition) is 1. The molecular formula is C27H29N5O. The van der Waals surface area contributed by atoms with Crippen LogP contribution in [-0.4, -0.2) is 44.9 Å². The topological polar surface area (TPSA) is 73.7 Å². The SMILES string of the molecule is CC1(C)[C@H]2CC3=C(C=C4N=C(C5CC5)N=C4C3)[C@]1(C)CCN2C(=O)c1ccc2nc[nH]c2c1. The maximum Gasteiger partial charge on any atom is 0.254 e. The molecule has 2 atom stereocenters. The number of imidazole rings is 1. The molecule has 7 rings (SSSR count). The van der Waals surface area contributed by atoms with Crippen LogP contribution >= 0.6 is 0 Å². The summed E-state index contributed by atoms with van der Waals surface area (Å²) in [4.78, 5) is 33.2. The molecule has 1 aromatic heterocycles. The van der Waals surface area contributed by atoms with Crippen molar-refractivity contribution < 1.29 is 4.79 Å². The summed E-state index contributed by atoms with van der Waals surface area (Å²) in [6.07, 6.45) is 9.23. The molecule has 1 amide bonds. The summed E-state index contributed by atoms with van der Waals surface area (Å²) in [6, 6.07) is 5.96. The number of amidine groups is 1. The second kappa shape index (κ2) is 6.31. The Bertz CT molecular complexity index is 1350. The van der Waals surface area contributed by atoms with Gasteiger partial charge in [0.05, 0.1) is 28.8 Å². The lowest BCUT2D eigenvalue weighted by atomic mass is 9.50. The van der Waals surface area contributed by atoms with Crippen molar-refractivity contribution in [2.45, 2.75) is 58.9 Å². The summed E-state index contributed by atoms with van der Waals surface area (Å²) >= 11 is 0. The number of amides is 1. The third kappa shape index (κ3) is 2.61. The summed E-state index contributed by atoms with van der Waals surface area (Å²) in [6.45, 7) is 7.90. The van der Waals surface area contributed by atoms with Crippen molar-refractivity contribution in [3.63, 3.8) is 0 Å². The van der Waals surface area contributed by atoms with Crippen LogP contribution in [0.3, 0.4) is 0 Å². The van der Waals surface area contributed by atoms with E-state index in [-0.39, 0.29) is 22.8 Å². The first-order valence-corrected chi connectivity index (χ1v) is 12.2. The molecule has 1 saturated carbocycles. The van der Waals surface area contributed by atoms with Gasteiger partial charge >= 0.3 is 0 Å². The average molecular weight is 440 g/mol. The Morgan fingerprint density at radius 1 is 1.18 bits per heavy atom. The highest BCUT2D eigenvalue weighted by Gasteiger charge is 2.58. The minimum Gasteiger partial charge on any atom is -0.345 e. The number of likely N-dealkylation sites (tertiary alicyclic amines) is 1. The normalized spacial score (nSPS) is 30.0. The zero-order chi connectivity index (χ0) is 22.5. The average Bonchev–Trinajstić information content (AvgIpc) is 3.38. The van der Waals surface area contributed by atoms with E-state index in [0.29, 0.717) is 5.92 Å². The van der Waals surface area contributed by atoms with E-state index in [9.17, 15) is 4.79 Å². The molecule has 2 fully saturated rings. The molecule has 2 aromatic rings. The maximum atomic E-state index is 13.7. The Morgan fingerprint density at radius 3 is 2.85 bits per heavy atom. The fourth-order valence-corrected chi connectivity index (χ4v) is 6.58. The van der Waals surface area contributed by atoms with Crippen LogP contribution in [0.5, 0.6) is 0 Å². The van der Waals surface area contributed by atoms with Gasteiger partial charge in [0, 0.05) is 35.9 Å². The van der Waals surface area contributed by atoms with Crippen LogP contribution in [0, 0.1) is 16.7 Å². The van der Waals surface area contributed by atoms with Crippen molar-refractivity contribution in [1.82, 2.24) is 14.9 Å². The number of nitrogens with zero attached hydrogens (tertiary/aromatic N) is 4. The standard InChI is InChI=1S/C27H29N5O/c1-26(2)23-12-17-11-21-22(31-24(30-21)15-4-5-15)13-18(17)27(26,3)8-9-32(23)25(33)16-6-7-19-20(10-16)29-14-28-19/h6-7,10,13-15,23H,4-5,8-9,11-12H2,1-3H3,(H,28,29)/t23-,27+/m1/s1. The summed E-state index contributed by atoms with van der Waals surface area (Å²) in [5.41, 5.74) is 7.67. The number of aromatic nitrogens is 2. The Kier molecular flexibility index (Phi) is 3.72. The molecule has 5 aliphatic rings. The second-order valence-electron chi connectivity index (χ2n) is 11.2. The van der Waals surface area contributed by atoms with Crippen LogP contribution in [0.15, 0.2) is 57.4 Å². The van der Waals surface area contributed by atoms with Gasteiger partial charge in [-0.25, -0.2) is 15.0 Å². The molecule has 6 heteroatoms. The quantitative estimate of drug-likeness (QED) is 0.710. The van der Waals surface area contributed by atoms with Crippen LogP contribution in [-0.2, 0) is 0 Å². The minimum atomic E-state index is -0.0365. The van der Waals surface area contributed by atoms with Gasteiger partial charge < -0.3 is 9.88 Å². The number of piperidine rings is 1. The molecule has 33 heavy (non-hydrogen) atoms. The van der Waals surface area contributed by atoms with Gasteiger partial charge in [0.25, 0.3) is 5.91 Å². The highest BCUT2D eigenvalue weighted by molar-refractivity contribution is 6.15. The van der Waals surface area contributed by atoms with E-state index in [1.165, 1.54) is 24.0 Å². The predicted octanol–water partition coefficient (Wildman–Crippen LogP) is 5.06. The van der Waals surface area contributed by atoms with Crippen molar-refractivity contribution in [3.8, 4) is 0 Å². The number of hydrogen-bond acceptors (Lipinski definition) is 4. The van der Waals surface area contributed by atoms with E-state index < -0.39 is 0 Å². The number of H-pyrrole nitrogens is 1. The molecule has 0 unspecified atom stereocenters. The maximum absolute atomic E-state index is 13.7. The van der Waals surface area contributed by atoms with Crippen LogP contribution < -0.4 is 0 Å². The predicted molar refractivity (Wildman–Crippen MR) is 129 cm³/mol. The molecule has 1 aromatic carbocycles. The fraction of sp³-hybridized carbons (Fsp3) is 0.481. The summed E-state index contributed by atoms with van der Waals surface area (Å²) in [5.74, 6) is 1.75. The van der Waals surface area contributed by atoms with Gasteiger partial charge in [0.2, 0.25) is 0 Å². The number of benzene rings is 1. The highest BCUT2D eigenvalue weighted by Crippen LogP contribution is 2.61. The number of aliphatic imine (C=N–C) groups is 2. The molecule has 2 bridgehead atoms. The number of carbonyl (C=O) groups excluding carboxylic acids is 1. The van der Waals surface area contributed by atoms with Crippen LogP contribution in [0.2, 0.25) is 0 Å². The van der Waals surface area contributed by atoms with E-state index in [1.54, 1.807) is 6.33 Å². The lowest BCUT2D eigenvalue weighted by Crippen LogP contribution is -2.62. The third-order valence-corrected chi connectivity index (χ3v) is 9.21. The molecule has 0 spiro atoms. The van der Waals surface area contributed by atoms with Crippen molar-refractivity contribution in [2.24, 2.45) is 26.7 Å². The van der Waals surface area contributed by atoms with E-state index in [0.717, 1.165) is 59.6 Å². The highest BCUT2D eigenvalue weighted by atomic mass is 16.2. The van der Waals surface area contributed by atoms with E-state index in [1.807, 2.05) is 18.2 Å². The molecule has 1 N–H and O–H groups in total. The first-order valence-electron chi connectivity index (χ1n) is 12.2. The molecular weight excluding hydrogens is 410 g/mol. The van der Waals surface area contributed by atoms with Gasteiger partial charge in [-0.05, 0) is 60.9 Å². The van der Waals surface area contributed by atoms with Crippen molar-refractivity contribution in [1.29, 1.82) is 0 Å².